The molecule has 3 saturated carbocycles. The zero-order valence-corrected chi connectivity index (χ0v) is 15.7. The summed E-state index contributed by atoms with van der Waals surface area (Å²) < 4.78 is 0. The molecule has 0 aromatic carbocycles. The largest absolute Gasteiger partial charge is 0.295 e. The van der Waals surface area contributed by atoms with Crippen LogP contribution in [-0.4, -0.2) is 5.78 Å². The van der Waals surface area contributed by atoms with Crippen molar-refractivity contribution in [2.24, 2.45) is 35.0 Å². The Morgan fingerprint density at radius 1 is 1.17 bits per heavy atom. The number of carbonyl (C=O) groups is 1. The molecule has 4 rings (SSSR count). The van der Waals surface area contributed by atoms with Crippen LogP contribution in [-0.2, 0) is 4.79 Å². The molecule has 0 radical (unpaired) electrons. The Kier molecular flexibility index (Phi) is 4.25. The zero-order chi connectivity index (χ0) is 16.9. The number of carbonyl (C=O) groups excluding carboxylic acids is 1. The Balaban J connectivity index is 1.57. The number of fused-ring (bicyclic) bond motifs is 5. The van der Waals surface area contributed by atoms with Gasteiger partial charge < -0.3 is 0 Å². The van der Waals surface area contributed by atoms with Gasteiger partial charge in [-0.05, 0) is 92.4 Å². The van der Waals surface area contributed by atoms with Gasteiger partial charge >= 0.3 is 0 Å². The second-order valence-electron chi connectivity index (χ2n) is 9.39. The molecule has 0 amide bonds. The molecular weight excluding hydrogens is 292 g/mol. The number of rotatable bonds is 3. The van der Waals surface area contributed by atoms with E-state index in [9.17, 15) is 4.79 Å². The molecule has 4 aliphatic rings. The fourth-order valence-corrected chi connectivity index (χ4v) is 7.35. The zero-order valence-electron chi connectivity index (χ0n) is 15.7. The van der Waals surface area contributed by atoms with Gasteiger partial charge in [0.15, 0.2) is 5.78 Å². The minimum atomic E-state index is 0.386. The lowest BCUT2D eigenvalue weighted by molar-refractivity contribution is -0.116. The van der Waals surface area contributed by atoms with Gasteiger partial charge in [-0.15, -0.1) is 0 Å². The fourth-order valence-electron chi connectivity index (χ4n) is 7.35. The molecule has 6 atom stereocenters. The molecule has 1 heteroatoms. The summed E-state index contributed by atoms with van der Waals surface area (Å²) in [6.07, 6.45) is 14.6. The fraction of sp³-hybridized carbons (Fsp3) is 0.783. The lowest BCUT2D eigenvalue weighted by Gasteiger charge is -2.54. The molecule has 3 fully saturated rings. The Bertz CT molecular complexity index is 571. The van der Waals surface area contributed by atoms with Crippen molar-refractivity contribution in [1.29, 1.82) is 0 Å². The van der Waals surface area contributed by atoms with Crippen molar-refractivity contribution in [3.05, 3.63) is 23.8 Å². The van der Waals surface area contributed by atoms with Gasteiger partial charge in [0.1, 0.15) is 0 Å². The van der Waals surface area contributed by atoms with Gasteiger partial charge in [-0.3, -0.25) is 4.79 Å². The second-order valence-corrected chi connectivity index (χ2v) is 9.39. The van der Waals surface area contributed by atoms with Crippen molar-refractivity contribution in [2.45, 2.75) is 78.1 Å². The van der Waals surface area contributed by atoms with E-state index in [1.807, 2.05) is 6.08 Å². The Morgan fingerprint density at radius 2 is 2.00 bits per heavy atom. The standard InChI is InChI=1S/C23H34O/c1-4-5-15(2)21-10-11-22-20-8-6-16-14-17(24)7-9-18(16)19(20)12-13-23(21,22)3/h14,18-22H,2,4-13H2,1,3H3. The number of allylic oxidation sites excluding steroid dienone is 2. The summed E-state index contributed by atoms with van der Waals surface area (Å²) in [6.45, 7) is 9.38. The summed E-state index contributed by atoms with van der Waals surface area (Å²) in [5, 5.41) is 0. The Labute approximate surface area is 148 Å². The first-order valence-corrected chi connectivity index (χ1v) is 10.5. The molecule has 0 aromatic rings. The highest BCUT2D eigenvalue weighted by molar-refractivity contribution is 5.91. The maximum atomic E-state index is 11.8. The predicted octanol–water partition coefficient (Wildman–Crippen LogP) is 6.10. The summed E-state index contributed by atoms with van der Waals surface area (Å²) in [4.78, 5) is 11.8. The monoisotopic (exact) mass is 326 g/mol. The van der Waals surface area contributed by atoms with Crippen LogP contribution < -0.4 is 0 Å². The van der Waals surface area contributed by atoms with Gasteiger partial charge in [0.2, 0.25) is 0 Å². The normalized spacial score (nSPS) is 44.3. The van der Waals surface area contributed by atoms with E-state index in [-0.39, 0.29) is 0 Å². The third kappa shape index (κ3) is 2.45. The third-order valence-corrected chi connectivity index (χ3v) is 8.36. The smallest absolute Gasteiger partial charge is 0.155 e. The molecule has 0 spiro atoms. The molecular formula is C23H34O. The molecule has 4 aliphatic carbocycles. The van der Waals surface area contributed by atoms with E-state index in [1.165, 1.54) is 56.9 Å². The molecule has 0 bridgehead atoms. The highest BCUT2D eigenvalue weighted by Gasteiger charge is 2.56. The lowest BCUT2D eigenvalue weighted by atomic mass is 9.51. The summed E-state index contributed by atoms with van der Waals surface area (Å²) in [7, 11) is 0. The summed E-state index contributed by atoms with van der Waals surface area (Å²) >= 11 is 0. The number of hydrogen-bond donors (Lipinski definition) is 0. The van der Waals surface area contributed by atoms with E-state index < -0.39 is 0 Å². The maximum Gasteiger partial charge on any atom is 0.155 e. The lowest BCUT2D eigenvalue weighted by Crippen LogP contribution is -2.46. The van der Waals surface area contributed by atoms with Crippen LogP contribution >= 0.6 is 0 Å². The molecule has 0 N–H and O–H groups in total. The first-order valence-electron chi connectivity index (χ1n) is 10.5. The van der Waals surface area contributed by atoms with Crippen molar-refractivity contribution in [1.82, 2.24) is 0 Å². The van der Waals surface area contributed by atoms with Crippen LogP contribution in [0.15, 0.2) is 23.8 Å². The first-order chi connectivity index (χ1) is 11.5. The van der Waals surface area contributed by atoms with E-state index >= 15 is 0 Å². The van der Waals surface area contributed by atoms with E-state index in [0.717, 1.165) is 42.4 Å². The van der Waals surface area contributed by atoms with Gasteiger partial charge in [-0.2, -0.15) is 0 Å². The van der Waals surface area contributed by atoms with Gasteiger partial charge in [-0.25, -0.2) is 0 Å². The van der Waals surface area contributed by atoms with Crippen LogP contribution in [0.25, 0.3) is 0 Å². The van der Waals surface area contributed by atoms with E-state index in [4.69, 9.17) is 0 Å². The van der Waals surface area contributed by atoms with Crippen LogP contribution in [0.4, 0.5) is 0 Å². The Hall–Kier alpha value is -0.850. The van der Waals surface area contributed by atoms with Crippen LogP contribution in [0.3, 0.4) is 0 Å². The summed E-state index contributed by atoms with van der Waals surface area (Å²) in [5.74, 6) is 4.59. The third-order valence-electron chi connectivity index (χ3n) is 8.36. The quantitative estimate of drug-likeness (QED) is 0.573. The predicted molar refractivity (Wildman–Crippen MR) is 99.6 cm³/mol. The average molecular weight is 327 g/mol. The minimum absolute atomic E-state index is 0.386. The second kappa shape index (κ2) is 6.15. The number of ketones is 1. The molecule has 6 unspecified atom stereocenters. The van der Waals surface area contributed by atoms with Crippen molar-refractivity contribution in [3.8, 4) is 0 Å². The van der Waals surface area contributed by atoms with Crippen molar-refractivity contribution < 1.29 is 4.79 Å². The molecule has 132 valence electrons. The summed E-state index contributed by atoms with van der Waals surface area (Å²) in [6, 6.07) is 0. The van der Waals surface area contributed by atoms with Crippen molar-refractivity contribution in [3.63, 3.8) is 0 Å². The molecule has 0 heterocycles. The van der Waals surface area contributed by atoms with Gasteiger partial charge in [0, 0.05) is 6.42 Å². The van der Waals surface area contributed by atoms with E-state index in [2.05, 4.69) is 20.4 Å². The molecule has 0 aromatic heterocycles. The highest BCUT2D eigenvalue weighted by Crippen LogP contribution is 2.64. The molecule has 1 nitrogen and oxygen atoms in total. The SMILES string of the molecule is C=C(CCC)C1CCC2C3CCC4=CC(=O)CCC4C3CCC12C. The summed E-state index contributed by atoms with van der Waals surface area (Å²) in [5.41, 5.74) is 3.57. The molecule has 0 aliphatic heterocycles. The van der Waals surface area contributed by atoms with E-state index in [1.54, 1.807) is 5.57 Å². The van der Waals surface area contributed by atoms with Crippen molar-refractivity contribution in [2.75, 3.05) is 0 Å². The van der Waals surface area contributed by atoms with Crippen LogP contribution in [0.5, 0.6) is 0 Å². The first kappa shape index (κ1) is 16.6. The van der Waals surface area contributed by atoms with Crippen molar-refractivity contribution >= 4 is 5.78 Å². The molecule has 0 saturated heterocycles. The molecule has 24 heavy (non-hydrogen) atoms. The highest BCUT2D eigenvalue weighted by atomic mass is 16.1. The van der Waals surface area contributed by atoms with Crippen LogP contribution in [0.1, 0.15) is 78.1 Å². The number of hydrogen-bond acceptors (Lipinski definition) is 1. The van der Waals surface area contributed by atoms with Gasteiger partial charge in [-0.1, -0.05) is 38.0 Å². The minimum Gasteiger partial charge on any atom is -0.295 e. The Morgan fingerprint density at radius 3 is 2.79 bits per heavy atom. The topological polar surface area (TPSA) is 17.1 Å². The van der Waals surface area contributed by atoms with E-state index in [0.29, 0.717) is 11.2 Å². The van der Waals surface area contributed by atoms with Gasteiger partial charge in [0.05, 0.1) is 0 Å². The van der Waals surface area contributed by atoms with Gasteiger partial charge in [0.25, 0.3) is 0 Å². The average Bonchev–Trinajstić information content (AvgIpc) is 2.92. The van der Waals surface area contributed by atoms with Crippen LogP contribution in [0.2, 0.25) is 0 Å². The maximum absolute atomic E-state index is 11.8. The van der Waals surface area contributed by atoms with Crippen LogP contribution in [0, 0.1) is 35.0 Å².